The van der Waals surface area contributed by atoms with Gasteiger partial charge in [0.1, 0.15) is 11.7 Å². The average Bonchev–Trinajstić information content (AvgIpc) is 1.83. The van der Waals surface area contributed by atoms with Crippen LogP contribution in [0.3, 0.4) is 0 Å². The molecule has 1 amide bonds. The summed E-state index contributed by atoms with van der Waals surface area (Å²) in [6.07, 6.45) is 0.329. The van der Waals surface area contributed by atoms with E-state index in [1.54, 1.807) is 13.8 Å². The largest absolute Gasteiger partial charge is 0.350 e. The lowest BCUT2D eigenvalue weighted by molar-refractivity contribution is -0.121. The lowest BCUT2D eigenvalue weighted by Crippen LogP contribution is -2.45. The van der Waals surface area contributed by atoms with Crippen LogP contribution in [0.4, 0.5) is 0 Å². The van der Waals surface area contributed by atoms with Gasteiger partial charge >= 0.3 is 0 Å². The monoisotopic (exact) mass is 191 g/mol. The van der Waals surface area contributed by atoms with Crippen LogP contribution in [0, 0.1) is 0 Å². The number of Topliss-reactive ketones (excluding diaryl/α,β-unsaturated/α-hetero) is 1. The molecule has 1 N–H and O–H groups in total. The Morgan fingerprint density at radius 3 is 2.25 bits per heavy atom. The van der Waals surface area contributed by atoms with Crippen LogP contribution in [0.2, 0.25) is 0 Å². The fourth-order valence-electron chi connectivity index (χ4n) is 1.08. The third-order valence-electron chi connectivity index (χ3n) is 1.29. The highest BCUT2D eigenvalue weighted by Gasteiger charge is 2.21. The summed E-state index contributed by atoms with van der Waals surface area (Å²) in [5, 5.41) is 2.65. The number of hydrogen-bond donors (Lipinski definition) is 1. The van der Waals surface area contributed by atoms with Gasteiger partial charge in [-0.15, -0.1) is 11.6 Å². The van der Waals surface area contributed by atoms with E-state index in [9.17, 15) is 9.59 Å². The highest BCUT2D eigenvalue weighted by Crippen LogP contribution is 2.08. The van der Waals surface area contributed by atoms with Crippen LogP contribution in [0.25, 0.3) is 0 Å². The molecule has 0 bridgehead atoms. The van der Waals surface area contributed by atoms with Crippen molar-refractivity contribution in [3.05, 3.63) is 0 Å². The fraction of sp³-hybridized carbons (Fsp3) is 0.750. The normalized spacial score (nSPS) is 11.0. The topological polar surface area (TPSA) is 46.2 Å². The van der Waals surface area contributed by atoms with Gasteiger partial charge in [0.15, 0.2) is 0 Å². The minimum absolute atomic E-state index is 0.0508. The quantitative estimate of drug-likeness (QED) is 0.677. The molecule has 0 radical (unpaired) electrons. The SMILES string of the molecule is CC(=O)CC(C)(C)NC(=O)CCl. The summed E-state index contributed by atoms with van der Waals surface area (Å²) in [5.41, 5.74) is -0.488. The number of halogens is 1. The number of alkyl halides is 1. The molecule has 0 aliphatic carbocycles. The molecule has 0 unspecified atom stereocenters. The van der Waals surface area contributed by atoms with E-state index in [4.69, 9.17) is 11.6 Å². The molecule has 70 valence electrons. The second-order valence-electron chi connectivity index (χ2n) is 3.44. The van der Waals surface area contributed by atoms with E-state index in [-0.39, 0.29) is 17.6 Å². The van der Waals surface area contributed by atoms with E-state index in [1.807, 2.05) is 0 Å². The third-order valence-corrected chi connectivity index (χ3v) is 1.53. The van der Waals surface area contributed by atoms with Gasteiger partial charge in [0, 0.05) is 12.0 Å². The first-order valence-electron chi connectivity index (χ1n) is 3.74. The summed E-state index contributed by atoms with van der Waals surface area (Å²) >= 11 is 5.30. The fourth-order valence-corrected chi connectivity index (χ4v) is 1.14. The highest BCUT2D eigenvalue weighted by molar-refractivity contribution is 6.27. The van der Waals surface area contributed by atoms with Crippen LogP contribution in [-0.4, -0.2) is 23.1 Å². The maximum atomic E-state index is 10.9. The Balaban J connectivity index is 4.03. The predicted molar refractivity (Wildman–Crippen MR) is 48.2 cm³/mol. The molecule has 0 aliphatic rings. The Bertz CT molecular complexity index is 189. The average molecular weight is 192 g/mol. The Kier molecular flexibility index (Phi) is 4.24. The summed E-state index contributed by atoms with van der Waals surface area (Å²) in [7, 11) is 0. The van der Waals surface area contributed by atoms with Gasteiger partial charge in [-0.25, -0.2) is 0 Å². The smallest absolute Gasteiger partial charge is 0.235 e. The number of hydrogen-bond acceptors (Lipinski definition) is 2. The van der Waals surface area contributed by atoms with Gasteiger partial charge in [-0.05, 0) is 20.8 Å². The molecule has 0 saturated carbocycles. The lowest BCUT2D eigenvalue weighted by atomic mass is 9.98. The number of carbonyl (C=O) groups is 2. The van der Waals surface area contributed by atoms with Crippen LogP contribution in [0.1, 0.15) is 27.2 Å². The molecular formula is C8H14ClNO2. The van der Waals surface area contributed by atoms with Crippen molar-refractivity contribution in [3.8, 4) is 0 Å². The molecule has 0 spiro atoms. The summed E-state index contributed by atoms with van der Waals surface area (Å²) < 4.78 is 0. The first-order chi connectivity index (χ1) is 5.37. The van der Waals surface area contributed by atoms with E-state index in [2.05, 4.69) is 5.32 Å². The molecular weight excluding hydrogens is 178 g/mol. The highest BCUT2D eigenvalue weighted by atomic mass is 35.5. The number of amides is 1. The predicted octanol–water partition coefficient (Wildman–Crippen LogP) is 1.10. The van der Waals surface area contributed by atoms with Gasteiger partial charge in [-0.1, -0.05) is 0 Å². The van der Waals surface area contributed by atoms with E-state index >= 15 is 0 Å². The molecule has 12 heavy (non-hydrogen) atoms. The van der Waals surface area contributed by atoms with Crippen molar-refractivity contribution in [2.24, 2.45) is 0 Å². The van der Waals surface area contributed by atoms with Crippen LogP contribution in [-0.2, 0) is 9.59 Å². The van der Waals surface area contributed by atoms with Crippen molar-refractivity contribution in [2.75, 3.05) is 5.88 Å². The maximum absolute atomic E-state index is 10.9. The van der Waals surface area contributed by atoms with E-state index in [1.165, 1.54) is 6.92 Å². The first-order valence-corrected chi connectivity index (χ1v) is 4.27. The number of ketones is 1. The van der Waals surface area contributed by atoms with Gasteiger partial charge in [-0.2, -0.15) is 0 Å². The number of rotatable bonds is 4. The molecule has 0 atom stereocenters. The summed E-state index contributed by atoms with van der Waals surface area (Å²) in [4.78, 5) is 21.6. The summed E-state index contributed by atoms with van der Waals surface area (Å²) in [6, 6.07) is 0. The Labute approximate surface area is 77.5 Å². The van der Waals surface area contributed by atoms with Gasteiger partial charge in [0.25, 0.3) is 0 Å². The number of nitrogens with one attached hydrogen (secondary N) is 1. The van der Waals surface area contributed by atoms with Crippen molar-refractivity contribution in [1.29, 1.82) is 0 Å². The van der Waals surface area contributed by atoms with Crippen LogP contribution >= 0.6 is 11.6 Å². The second-order valence-corrected chi connectivity index (χ2v) is 3.71. The summed E-state index contributed by atoms with van der Waals surface area (Å²) in [5.74, 6) is -0.265. The summed E-state index contributed by atoms with van der Waals surface area (Å²) in [6.45, 7) is 5.08. The van der Waals surface area contributed by atoms with E-state index in [0.29, 0.717) is 6.42 Å². The van der Waals surface area contributed by atoms with Gasteiger partial charge in [0.05, 0.1) is 0 Å². The molecule has 0 rings (SSSR count). The zero-order valence-corrected chi connectivity index (χ0v) is 8.36. The van der Waals surface area contributed by atoms with Crippen molar-refractivity contribution in [3.63, 3.8) is 0 Å². The Morgan fingerprint density at radius 1 is 1.42 bits per heavy atom. The van der Waals surface area contributed by atoms with Crippen molar-refractivity contribution in [1.82, 2.24) is 5.32 Å². The van der Waals surface area contributed by atoms with Crippen LogP contribution in [0.5, 0.6) is 0 Å². The minimum atomic E-state index is -0.488. The van der Waals surface area contributed by atoms with E-state index < -0.39 is 5.54 Å². The van der Waals surface area contributed by atoms with Crippen molar-refractivity contribution in [2.45, 2.75) is 32.7 Å². The lowest BCUT2D eigenvalue weighted by Gasteiger charge is -2.24. The van der Waals surface area contributed by atoms with E-state index in [0.717, 1.165) is 0 Å². The van der Waals surface area contributed by atoms with Crippen LogP contribution in [0.15, 0.2) is 0 Å². The number of carbonyl (C=O) groups excluding carboxylic acids is 2. The van der Waals surface area contributed by atoms with Gasteiger partial charge < -0.3 is 5.32 Å². The maximum Gasteiger partial charge on any atom is 0.235 e. The molecule has 0 heterocycles. The van der Waals surface area contributed by atoms with Gasteiger partial charge in [-0.3, -0.25) is 9.59 Å². The Hall–Kier alpha value is -0.570. The zero-order valence-electron chi connectivity index (χ0n) is 7.61. The minimum Gasteiger partial charge on any atom is -0.350 e. The Morgan fingerprint density at radius 2 is 1.92 bits per heavy atom. The molecule has 0 aromatic carbocycles. The molecule has 0 aliphatic heterocycles. The van der Waals surface area contributed by atoms with Crippen molar-refractivity contribution < 1.29 is 9.59 Å². The molecule has 3 nitrogen and oxygen atoms in total. The molecule has 0 aromatic rings. The van der Waals surface area contributed by atoms with Crippen LogP contribution < -0.4 is 5.32 Å². The van der Waals surface area contributed by atoms with Crippen molar-refractivity contribution >= 4 is 23.3 Å². The molecule has 0 aromatic heterocycles. The molecule has 0 saturated heterocycles. The third kappa shape index (κ3) is 5.13. The molecule has 0 fully saturated rings. The second kappa shape index (κ2) is 4.45. The zero-order chi connectivity index (χ0) is 9.78. The van der Waals surface area contributed by atoms with Gasteiger partial charge in [0.2, 0.25) is 5.91 Å². The first kappa shape index (κ1) is 11.4. The molecule has 4 heteroatoms. The standard InChI is InChI=1S/C8H14ClNO2/c1-6(11)4-8(2,3)10-7(12)5-9/h4-5H2,1-3H3,(H,10,12).